The summed E-state index contributed by atoms with van der Waals surface area (Å²) in [5, 5.41) is 2.98. The van der Waals surface area contributed by atoms with Crippen LogP contribution >= 0.6 is 23.7 Å². The average molecular weight is 193 g/mol. The predicted octanol–water partition coefficient (Wildman–Crippen LogP) is 2.15. The molecule has 64 valence electrons. The molecule has 2 nitrogen and oxygen atoms in total. The molecule has 4 heteroatoms. The van der Waals surface area contributed by atoms with E-state index in [4.69, 9.17) is 5.73 Å². The van der Waals surface area contributed by atoms with Crippen molar-refractivity contribution >= 4 is 23.7 Å². The van der Waals surface area contributed by atoms with Crippen LogP contribution in [-0.2, 0) is 5.54 Å². The smallest absolute Gasteiger partial charge is 0.112 e. The molecule has 11 heavy (non-hydrogen) atoms. The van der Waals surface area contributed by atoms with E-state index in [0.29, 0.717) is 0 Å². The van der Waals surface area contributed by atoms with Crippen LogP contribution in [0.1, 0.15) is 25.3 Å². The van der Waals surface area contributed by atoms with E-state index in [0.717, 1.165) is 11.4 Å². The first-order valence-corrected chi connectivity index (χ1v) is 4.23. The summed E-state index contributed by atoms with van der Waals surface area (Å²) < 4.78 is 0. The normalized spacial score (nSPS) is 15.2. The van der Waals surface area contributed by atoms with Gasteiger partial charge in [0.1, 0.15) is 5.01 Å². The molecule has 1 aromatic rings. The maximum Gasteiger partial charge on any atom is 0.112 e. The van der Waals surface area contributed by atoms with Gasteiger partial charge in [0.2, 0.25) is 0 Å². The molecule has 0 saturated carbocycles. The Hall–Kier alpha value is -0.120. The molecule has 0 amide bonds. The summed E-state index contributed by atoms with van der Waals surface area (Å²) >= 11 is 1.62. The Kier molecular flexibility index (Phi) is 4.00. The molecule has 0 fully saturated rings. The van der Waals surface area contributed by atoms with E-state index in [1.807, 2.05) is 12.3 Å². The molecule has 1 atom stereocenters. The van der Waals surface area contributed by atoms with Gasteiger partial charge in [-0.3, -0.25) is 0 Å². The Morgan fingerprint density at radius 2 is 2.36 bits per heavy atom. The lowest BCUT2D eigenvalue weighted by Crippen LogP contribution is -2.31. The Morgan fingerprint density at radius 1 is 1.73 bits per heavy atom. The van der Waals surface area contributed by atoms with Crippen LogP contribution in [0.2, 0.25) is 0 Å². The monoisotopic (exact) mass is 192 g/mol. The first kappa shape index (κ1) is 10.9. The van der Waals surface area contributed by atoms with Gasteiger partial charge in [-0.25, -0.2) is 4.98 Å². The Labute approximate surface area is 77.2 Å². The molecule has 0 aliphatic rings. The molecular formula is C7H13ClN2S. The second-order valence-corrected chi connectivity index (χ2v) is 3.50. The molecule has 0 aliphatic carbocycles. The minimum Gasteiger partial charge on any atom is -0.320 e. The third kappa shape index (κ3) is 2.43. The van der Waals surface area contributed by atoms with E-state index in [2.05, 4.69) is 11.9 Å². The number of halogens is 1. The first-order chi connectivity index (χ1) is 4.67. The van der Waals surface area contributed by atoms with Crippen molar-refractivity contribution in [2.75, 3.05) is 0 Å². The maximum absolute atomic E-state index is 5.93. The quantitative estimate of drug-likeness (QED) is 0.780. The second-order valence-electron chi connectivity index (χ2n) is 2.61. The molecule has 1 unspecified atom stereocenters. The lowest BCUT2D eigenvalue weighted by molar-refractivity contribution is 0.474. The van der Waals surface area contributed by atoms with Gasteiger partial charge in [-0.2, -0.15) is 0 Å². The summed E-state index contributed by atoms with van der Waals surface area (Å²) in [7, 11) is 0. The van der Waals surface area contributed by atoms with Gasteiger partial charge in [-0.1, -0.05) is 6.92 Å². The highest BCUT2D eigenvalue weighted by Gasteiger charge is 2.20. The van der Waals surface area contributed by atoms with Crippen molar-refractivity contribution < 1.29 is 0 Å². The zero-order valence-corrected chi connectivity index (χ0v) is 8.34. The average Bonchev–Trinajstić information content (AvgIpc) is 2.38. The minimum absolute atomic E-state index is 0. The van der Waals surface area contributed by atoms with E-state index < -0.39 is 0 Å². The standard InChI is InChI=1S/C7H12N2S.ClH/c1-3-7(2,8)6-9-4-5-10-6;/h4-5H,3,8H2,1-2H3;1H. The molecule has 0 saturated heterocycles. The van der Waals surface area contributed by atoms with E-state index >= 15 is 0 Å². The van der Waals surface area contributed by atoms with Gasteiger partial charge >= 0.3 is 0 Å². The van der Waals surface area contributed by atoms with Crippen LogP contribution in [0.25, 0.3) is 0 Å². The highest BCUT2D eigenvalue weighted by atomic mass is 35.5. The second kappa shape index (κ2) is 4.04. The topological polar surface area (TPSA) is 38.9 Å². The summed E-state index contributed by atoms with van der Waals surface area (Å²) in [4.78, 5) is 4.15. The van der Waals surface area contributed by atoms with Crippen LogP contribution < -0.4 is 5.73 Å². The Bertz CT molecular complexity index is 196. The van der Waals surface area contributed by atoms with Gasteiger partial charge in [0.15, 0.2) is 0 Å². The predicted molar refractivity (Wildman–Crippen MR) is 51.2 cm³/mol. The van der Waals surface area contributed by atoms with Crippen LogP contribution in [0.3, 0.4) is 0 Å². The molecule has 0 radical (unpaired) electrons. The van der Waals surface area contributed by atoms with E-state index in [9.17, 15) is 0 Å². The fraction of sp³-hybridized carbons (Fsp3) is 0.571. The van der Waals surface area contributed by atoms with Crippen molar-refractivity contribution in [1.29, 1.82) is 0 Å². The molecule has 1 aromatic heterocycles. The highest BCUT2D eigenvalue weighted by molar-refractivity contribution is 7.09. The van der Waals surface area contributed by atoms with Crippen LogP contribution in [-0.4, -0.2) is 4.98 Å². The zero-order valence-electron chi connectivity index (χ0n) is 6.70. The fourth-order valence-corrected chi connectivity index (χ4v) is 1.44. The van der Waals surface area contributed by atoms with Crippen LogP contribution in [0, 0.1) is 0 Å². The van der Waals surface area contributed by atoms with Crippen molar-refractivity contribution in [3.63, 3.8) is 0 Å². The SMILES string of the molecule is CCC(C)(N)c1nccs1.Cl. The van der Waals surface area contributed by atoms with Gasteiger partial charge in [0, 0.05) is 11.6 Å². The van der Waals surface area contributed by atoms with Gasteiger partial charge in [-0.15, -0.1) is 23.7 Å². The molecule has 2 N–H and O–H groups in total. The van der Waals surface area contributed by atoms with Crippen molar-refractivity contribution in [1.82, 2.24) is 4.98 Å². The number of nitrogens with zero attached hydrogens (tertiary/aromatic N) is 1. The molecule has 0 aliphatic heterocycles. The lowest BCUT2D eigenvalue weighted by Gasteiger charge is -2.18. The molecular weight excluding hydrogens is 180 g/mol. The van der Waals surface area contributed by atoms with Gasteiger partial charge in [0.05, 0.1) is 5.54 Å². The zero-order chi connectivity index (χ0) is 7.61. The molecule has 1 heterocycles. The van der Waals surface area contributed by atoms with Gasteiger partial charge in [-0.05, 0) is 13.3 Å². The van der Waals surface area contributed by atoms with Crippen LogP contribution in [0.4, 0.5) is 0 Å². The Balaban J connectivity index is 0.000001000. The highest BCUT2D eigenvalue weighted by Crippen LogP contribution is 2.22. The third-order valence-electron chi connectivity index (χ3n) is 1.66. The number of thiazole rings is 1. The number of aromatic nitrogens is 1. The lowest BCUT2D eigenvalue weighted by atomic mass is 10.0. The summed E-state index contributed by atoms with van der Waals surface area (Å²) in [6.07, 6.45) is 2.72. The summed E-state index contributed by atoms with van der Waals surface area (Å²) in [6, 6.07) is 0. The van der Waals surface area contributed by atoms with Gasteiger partial charge < -0.3 is 5.73 Å². The fourth-order valence-electron chi connectivity index (χ4n) is 0.657. The number of nitrogens with two attached hydrogens (primary N) is 1. The first-order valence-electron chi connectivity index (χ1n) is 3.35. The van der Waals surface area contributed by atoms with E-state index in [1.165, 1.54) is 0 Å². The molecule has 1 rings (SSSR count). The molecule has 0 spiro atoms. The van der Waals surface area contributed by atoms with E-state index in [1.54, 1.807) is 17.5 Å². The summed E-state index contributed by atoms with van der Waals surface area (Å²) in [5.74, 6) is 0. The molecule has 0 bridgehead atoms. The minimum atomic E-state index is -0.228. The van der Waals surface area contributed by atoms with Crippen LogP contribution in [0.15, 0.2) is 11.6 Å². The number of rotatable bonds is 2. The third-order valence-corrected chi connectivity index (χ3v) is 2.71. The van der Waals surface area contributed by atoms with E-state index in [-0.39, 0.29) is 17.9 Å². The summed E-state index contributed by atoms with van der Waals surface area (Å²) in [6.45, 7) is 4.08. The molecule has 0 aromatic carbocycles. The van der Waals surface area contributed by atoms with Crippen LogP contribution in [0.5, 0.6) is 0 Å². The largest absolute Gasteiger partial charge is 0.320 e. The van der Waals surface area contributed by atoms with Gasteiger partial charge in [0.25, 0.3) is 0 Å². The van der Waals surface area contributed by atoms with Crippen molar-refractivity contribution in [2.24, 2.45) is 5.73 Å². The van der Waals surface area contributed by atoms with Crippen molar-refractivity contribution in [3.8, 4) is 0 Å². The van der Waals surface area contributed by atoms with Crippen molar-refractivity contribution in [2.45, 2.75) is 25.8 Å². The summed E-state index contributed by atoms with van der Waals surface area (Å²) in [5.41, 5.74) is 5.70. The number of hydrogen-bond acceptors (Lipinski definition) is 3. The maximum atomic E-state index is 5.93. The number of hydrogen-bond donors (Lipinski definition) is 1. The van der Waals surface area contributed by atoms with Crippen molar-refractivity contribution in [3.05, 3.63) is 16.6 Å². The Morgan fingerprint density at radius 3 is 2.73 bits per heavy atom.